The smallest absolute Gasteiger partial charge is 0.239 e. The van der Waals surface area contributed by atoms with Gasteiger partial charge in [-0.25, -0.2) is 0 Å². The van der Waals surface area contributed by atoms with Gasteiger partial charge in [-0.1, -0.05) is 29.8 Å². The molecule has 3 nitrogen and oxygen atoms in total. The Kier molecular flexibility index (Phi) is 3.49. The average Bonchev–Trinajstić information content (AvgIpc) is 2.07. The molecule has 1 unspecified atom stereocenters. The number of benzene rings is 1. The molecule has 0 saturated heterocycles. The Labute approximate surface area is 88.5 Å². The second kappa shape index (κ2) is 4.44. The van der Waals surface area contributed by atoms with Crippen molar-refractivity contribution in [1.82, 2.24) is 4.90 Å². The number of primary amides is 1. The van der Waals surface area contributed by atoms with Crippen molar-refractivity contribution in [2.75, 3.05) is 14.1 Å². The summed E-state index contributed by atoms with van der Waals surface area (Å²) in [5.41, 5.74) is 6.04. The first-order chi connectivity index (χ1) is 6.54. The molecule has 4 heteroatoms. The van der Waals surface area contributed by atoms with Crippen molar-refractivity contribution in [2.24, 2.45) is 5.73 Å². The summed E-state index contributed by atoms with van der Waals surface area (Å²) >= 11 is 5.97. The van der Waals surface area contributed by atoms with Crippen LogP contribution in [0.3, 0.4) is 0 Å². The van der Waals surface area contributed by atoms with Crippen molar-refractivity contribution < 1.29 is 4.79 Å². The number of likely N-dealkylation sites (N-methyl/N-ethyl adjacent to an activating group) is 1. The van der Waals surface area contributed by atoms with Gasteiger partial charge in [0.25, 0.3) is 0 Å². The molecule has 14 heavy (non-hydrogen) atoms. The number of hydrogen-bond acceptors (Lipinski definition) is 2. The number of nitrogens with two attached hydrogens (primary N) is 1. The second-order valence-corrected chi connectivity index (χ2v) is 3.70. The fraction of sp³-hybridized carbons (Fsp3) is 0.300. The quantitative estimate of drug-likeness (QED) is 0.824. The SMILES string of the molecule is CN(C)C(C(N)=O)c1ccccc1Cl. The molecule has 0 saturated carbocycles. The van der Waals surface area contributed by atoms with Crippen LogP contribution in [0.25, 0.3) is 0 Å². The van der Waals surface area contributed by atoms with Crippen LogP contribution >= 0.6 is 11.6 Å². The van der Waals surface area contributed by atoms with E-state index < -0.39 is 11.9 Å². The van der Waals surface area contributed by atoms with Crippen LogP contribution in [0.5, 0.6) is 0 Å². The van der Waals surface area contributed by atoms with Crippen LogP contribution in [0.15, 0.2) is 24.3 Å². The molecule has 0 aromatic heterocycles. The Morgan fingerprint density at radius 3 is 2.43 bits per heavy atom. The molecule has 1 aromatic rings. The van der Waals surface area contributed by atoms with Gasteiger partial charge in [-0.05, 0) is 25.7 Å². The van der Waals surface area contributed by atoms with Crippen LogP contribution in [0.1, 0.15) is 11.6 Å². The summed E-state index contributed by atoms with van der Waals surface area (Å²) in [6.07, 6.45) is 0. The number of carbonyl (C=O) groups is 1. The lowest BCUT2D eigenvalue weighted by molar-refractivity contribution is -0.122. The molecule has 0 aliphatic carbocycles. The van der Waals surface area contributed by atoms with E-state index in [0.29, 0.717) is 5.02 Å². The normalized spacial score (nSPS) is 12.9. The summed E-state index contributed by atoms with van der Waals surface area (Å²) in [6.45, 7) is 0. The lowest BCUT2D eigenvalue weighted by Gasteiger charge is -2.22. The third kappa shape index (κ3) is 2.25. The maximum Gasteiger partial charge on any atom is 0.239 e. The summed E-state index contributed by atoms with van der Waals surface area (Å²) in [5, 5.41) is 0.560. The van der Waals surface area contributed by atoms with E-state index in [1.54, 1.807) is 31.1 Å². The number of carbonyl (C=O) groups excluding carboxylic acids is 1. The van der Waals surface area contributed by atoms with Crippen molar-refractivity contribution in [2.45, 2.75) is 6.04 Å². The number of amides is 1. The summed E-state index contributed by atoms with van der Waals surface area (Å²) in [5.74, 6) is -0.400. The lowest BCUT2D eigenvalue weighted by Crippen LogP contribution is -2.32. The van der Waals surface area contributed by atoms with Crippen LogP contribution < -0.4 is 5.73 Å². The maximum atomic E-state index is 11.2. The number of rotatable bonds is 3. The van der Waals surface area contributed by atoms with Crippen LogP contribution in [0.2, 0.25) is 5.02 Å². The standard InChI is InChI=1S/C10H13ClN2O/c1-13(2)9(10(12)14)7-5-3-4-6-8(7)11/h3-6,9H,1-2H3,(H2,12,14). The molecule has 1 amide bonds. The molecule has 76 valence electrons. The van der Waals surface area contributed by atoms with Gasteiger partial charge in [-0.15, -0.1) is 0 Å². The monoisotopic (exact) mass is 212 g/mol. The summed E-state index contributed by atoms with van der Waals surface area (Å²) in [6, 6.07) is 6.73. The zero-order chi connectivity index (χ0) is 10.7. The molecule has 0 fully saturated rings. The van der Waals surface area contributed by atoms with Gasteiger partial charge in [0.2, 0.25) is 5.91 Å². The second-order valence-electron chi connectivity index (χ2n) is 3.29. The van der Waals surface area contributed by atoms with E-state index in [4.69, 9.17) is 17.3 Å². The lowest BCUT2D eigenvalue weighted by atomic mass is 10.1. The van der Waals surface area contributed by atoms with E-state index in [9.17, 15) is 4.79 Å². The van der Waals surface area contributed by atoms with E-state index in [2.05, 4.69) is 0 Å². The Balaban J connectivity index is 3.12. The predicted octanol–water partition coefficient (Wildman–Crippen LogP) is 1.43. The molecule has 1 rings (SSSR count). The topological polar surface area (TPSA) is 46.3 Å². The van der Waals surface area contributed by atoms with Gasteiger partial charge >= 0.3 is 0 Å². The van der Waals surface area contributed by atoms with Crippen molar-refractivity contribution in [3.8, 4) is 0 Å². The van der Waals surface area contributed by atoms with Gasteiger partial charge in [0, 0.05) is 5.02 Å². The Morgan fingerprint density at radius 1 is 1.43 bits per heavy atom. The van der Waals surface area contributed by atoms with Crippen molar-refractivity contribution in [3.63, 3.8) is 0 Å². The highest BCUT2D eigenvalue weighted by atomic mass is 35.5. The molecular formula is C10H13ClN2O. The van der Waals surface area contributed by atoms with Crippen LogP contribution in [-0.4, -0.2) is 24.9 Å². The third-order valence-corrected chi connectivity index (χ3v) is 2.33. The fourth-order valence-corrected chi connectivity index (χ4v) is 1.62. The average molecular weight is 213 g/mol. The zero-order valence-corrected chi connectivity index (χ0v) is 8.95. The minimum atomic E-state index is -0.469. The van der Waals surface area contributed by atoms with Crippen LogP contribution in [-0.2, 0) is 4.79 Å². The van der Waals surface area contributed by atoms with Gasteiger partial charge in [-0.3, -0.25) is 9.69 Å². The number of hydrogen-bond donors (Lipinski definition) is 1. The first kappa shape index (κ1) is 11.0. The molecular weight excluding hydrogens is 200 g/mol. The molecule has 0 aliphatic heterocycles. The van der Waals surface area contributed by atoms with Gasteiger partial charge < -0.3 is 5.73 Å². The van der Waals surface area contributed by atoms with E-state index >= 15 is 0 Å². The van der Waals surface area contributed by atoms with E-state index in [-0.39, 0.29) is 0 Å². The summed E-state index contributed by atoms with van der Waals surface area (Å²) in [7, 11) is 3.58. The van der Waals surface area contributed by atoms with Gasteiger partial charge in [0.05, 0.1) is 0 Å². The Morgan fingerprint density at radius 2 is 2.00 bits per heavy atom. The minimum absolute atomic E-state index is 0.400. The van der Waals surface area contributed by atoms with Gasteiger partial charge in [0.15, 0.2) is 0 Å². The number of halogens is 1. The van der Waals surface area contributed by atoms with E-state index in [0.717, 1.165) is 5.56 Å². The van der Waals surface area contributed by atoms with Gasteiger partial charge in [-0.2, -0.15) is 0 Å². The van der Waals surface area contributed by atoms with Crippen molar-refractivity contribution in [3.05, 3.63) is 34.9 Å². The van der Waals surface area contributed by atoms with Crippen LogP contribution in [0.4, 0.5) is 0 Å². The van der Waals surface area contributed by atoms with E-state index in [1.165, 1.54) is 0 Å². The largest absolute Gasteiger partial charge is 0.368 e. The highest BCUT2D eigenvalue weighted by molar-refractivity contribution is 6.31. The maximum absolute atomic E-state index is 11.2. The molecule has 1 atom stereocenters. The van der Waals surface area contributed by atoms with Gasteiger partial charge in [0.1, 0.15) is 6.04 Å². The molecule has 0 aliphatic rings. The third-order valence-electron chi connectivity index (χ3n) is 1.99. The van der Waals surface area contributed by atoms with E-state index in [1.807, 2.05) is 12.1 Å². The first-order valence-electron chi connectivity index (χ1n) is 4.24. The molecule has 1 aromatic carbocycles. The Hall–Kier alpha value is -1.06. The fourth-order valence-electron chi connectivity index (χ4n) is 1.38. The summed E-state index contributed by atoms with van der Waals surface area (Å²) in [4.78, 5) is 13.0. The highest BCUT2D eigenvalue weighted by Crippen LogP contribution is 2.25. The predicted molar refractivity (Wildman–Crippen MR) is 57.1 cm³/mol. The van der Waals surface area contributed by atoms with Crippen LogP contribution in [0, 0.1) is 0 Å². The highest BCUT2D eigenvalue weighted by Gasteiger charge is 2.21. The first-order valence-corrected chi connectivity index (χ1v) is 4.62. The zero-order valence-electron chi connectivity index (χ0n) is 8.20. The molecule has 0 radical (unpaired) electrons. The number of nitrogens with zero attached hydrogens (tertiary/aromatic N) is 1. The Bertz CT molecular complexity index is 339. The molecule has 0 bridgehead atoms. The summed E-state index contributed by atoms with van der Waals surface area (Å²) < 4.78 is 0. The van der Waals surface area contributed by atoms with Crippen molar-refractivity contribution >= 4 is 17.5 Å². The van der Waals surface area contributed by atoms with Crippen molar-refractivity contribution in [1.29, 1.82) is 0 Å². The molecule has 0 spiro atoms. The molecule has 2 N–H and O–H groups in total. The molecule has 0 heterocycles. The minimum Gasteiger partial charge on any atom is -0.368 e.